The van der Waals surface area contributed by atoms with Crippen LogP contribution in [0.1, 0.15) is 51.9 Å². The Labute approximate surface area is 120 Å². The van der Waals surface area contributed by atoms with Gasteiger partial charge in [0, 0.05) is 12.5 Å². The molecule has 1 fully saturated rings. The maximum atomic E-state index is 11.6. The monoisotopic (exact) mass is 280 g/mol. The summed E-state index contributed by atoms with van der Waals surface area (Å²) in [5.74, 6) is -0.604. The molecule has 0 amide bonds. The van der Waals surface area contributed by atoms with Gasteiger partial charge in [0.2, 0.25) is 0 Å². The van der Waals surface area contributed by atoms with Crippen LogP contribution >= 0.6 is 0 Å². The summed E-state index contributed by atoms with van der Waals surface area (Å²) in [6, 6.07) is 0. The van der Waals surface area contributed by atoms with Crippen LogP contribution in [0, 0.1) is 0 Å². The Morgan fingerprint density at radius 1 is 1.20 bits per heavy atom. The Kier molecular flexibility index (Phi) is 7.70. The van der Waals surface area contributed by atoms with Crippen LogP contribution in [0.15, 0.2) is 24.8 Å². The average molecular weight is 280 g/mol. The van der Waals surface area contributed by atoms with Gasteiger partial charge in [-0.3, -0.25) is 4.79 Å². The molecule has 4 heteroatoms. The lowest BCUT2D eigenvalue weighted by atomic mass is 9.94. The summed E-state index contributed by atoms with van der Waals surface area (Å²) in [7, 11) is 0. The topological polar surface area (TPSA) is 52.6 Å². The normalized spacial score (nSPS) is 22.4. The second-order valence-electron chi connectivity index (χ2n) is 4.93. The Morgan fingerprint density at radius 3 is 2.45 bits per heavy atom. The Bertz CT molecular complexity index is 359. The van der Waals surface area contributed by atoms with Crippen molar-refractivity contribution in [2.75, 3.05) is 0 Å². The molecule has 4 nitrogen and oxygen atoms in total. The zero-order valence-electron chi connectivity index (χ0n) is 12.2. The van der Waals surface area contributed by atoms with Crippen molar-refractivity contribution in [3.63, 3.8) is 0 Å². The highest BCUT2D eigenvalue weighted by molar-refractivity contribution is 5.82. The Morgan fingerprint density at radius 2 is 1.85 bits per heavy atom. The van der Waals surface area contributed by atoms with E-state index in [1.807, 2.05) is 6.92 Å². The van der Waals surface area contributed by atoms with Gasteiger partial charge in [-0.2, -0.15) is 0 Å². The van der Waals surface area contributed by atoms with Crippen molar-refractivity contribution >= 4 is 11.9 Å². The van der Waals surface area contributed by atoms with E-state index in [-0.39, 0.29) is 24.1 Å². The second kappa shape index (κ2) is 9.34. The second-order valence-corrected chi connectivity index (χ2v) is 4.93. The lowest BCUT2D eigenvalue weighted by molar-refractivity contribution is -0.168. The summed E-state index contributed by atoms with van der Waals surface area (Å²) < 4.78 is 10.8. The van der Waals surface area contributed by atoms with E-state index in [0.717, 1.165) is 32.1 Å². The number of allylic oxidation sites excluding steroid dienone is 2. The number of hydrogen-bond acceptors (Lipinski definition) is 4. The maximum absolute atomic E-state index is 11.6. The van der Waals surface area contributed by atoms with Crippen LogP contribution in [0.2, 0.25) is 0 Å². The summed E-state index contributed by atoms with van der Waals surface area (Å²) >= 11 is 0. The number of hydrogen-bond donors (Lipinski definition) is 0. The van der Waals surface area contributed by atoms with Crippen molar-refractivity contribution in [1.82, 2.24) is 0 Å². The van der Waals surface area contributed by atoms with Crippen LogP contribution in [0.5, 0.6) is 0 Å². The lowest BCUT2D eigenvalue weighted by Gasteiger charge is -2.30. The summed E-state index contributed by atoms with van der Waals surface area (Å²) in [5.41, 5.74) is 0. The van der Waals surface area contributed by atoms with Crippen molar-refractivity contribution in [3.05, 3.63) is 24.8 Å². The van der Waals surface area contributed by atoms with Crippen LogP contribution in [-0.4, -0.2) is 24.1 Å². The fourth-order valence-electron chi connectivity index (χ4n) is 2.18. The number of ether oxygens (including phenoxy) is 2. The SMILES string of the molecule is C=CCCC(=O)O[C@@H]1CCCC[C@H]1OC(=O)C=CCC. The van der Waals surface area contributed by atoms with Gasteiger partial charge in [-0.15, -0.1) is 6.58 Å². The van der Waals surface area contributed by atoms with Crippen LogP contribution in [0.4, 0.5) is 0 Å². The molecule has 0 saturated heterocycles. The molecule has 112 valence electrons. The van der Waals surface area contributed by atoms with E-state index in [1.54, 1.807) is 12.2 Å². The first-order valence-electron chi connectivity index (χ1n) is 7.35. The molecule has 0 spiro atoms. The average Bonchev–Trinajstić information content (AvgIpc) is 2.45. The van der Waals surface area contributed by atoms with Gasteiger partial charge in [-0.05, 0) is 38.5 Å². The van der Waals surface area contributed by atoms with Gasteiger partial charge in [0.15, 0.2) is 0 Å². The number of rotatable bonds is 7. The molecule has 0 aromatic rings. The highest BCUT2D eigenvalue weighted by Gasteiger charge is 2.30. The molecule has 1 aliphatic rings. The third kappa shape index (κ3) is 6.04. The van der Waals surface area contributed by atoms with Crippen molar-refractivity contribution < 1.29 is 19.1 Å². The molecule has 0 aliphatic heterocycles. The Balaban J connectivity index is 2.49. The summed E-state index contributed by atoms with van der Waals surface area (Å²) in [6.07, 6.45) is 9.50. The minimum atomic E-state index is -0.356. The van der Waals surface area contributed by atoms with E-state index < -0.39 is 0 Å². The van der Waals surface area contributed by atoms with E-state index in [9.17, 15) is 9.59 Å². The summed E-state index contributed by atoms with van der Waals surface area (Å²) in [5, 5.41) is 0. The van der Waals surface area contributed by atoms with E-state index >= 15 is 0 Å². The lowest BCUT2D eigenvalue weighted by Crippen LogP contribution is -2.37. The molecule has 2 atom stereocenters. The highest BCUT2D eigenvalue weighted by Crippen LogP contribution is 2.24. The van der Waals surface area contributed by atoms with Gasteiger partial charge in [0.1, 0.15) is 12.2 Å². The number of carbonyl (C=O) groups excluding carboxylic acids is 2. The molecule has 0 radical (unpaired) electrons. The minimum Gasteiger partial charge on any atom is -0.458 e. The predicted octanol–water partition coefficient (Wildman–Crippen LogP) is 3.32. The molecular weight excluding hydrogens is 256 g/mol. The molecule has 0 N–H and O–H groups in total. The maximum Gasteiger partial charge on any atom is 0.330 e. The number of carbonyl (C=O) groups is 2. The molecule has 1 rings (SSSR count). The standard InChI is InChI=1S/C16H24O4/c1-3-5-11-15(17)19-13-9-7-8-10-14(13)20-16(18)12-6-4-2/h3,6,12-14H,1,4-5,7-11H2,2H3/t13-,14-/m1/s1. The van der Waals surface area contributed by atoms with Crippen LogP contribution in [0.3, 0.4) is 0 Å². The first-order chi connectivity index (χ1) is 9.67. The van der Waals surface area contributed by atoms with Gasteiger partial charge < -0.3 is 9.47 Å². The molecule has 0 heterocycles. The fourth-order valence-corrected chi connectivity index (χ4v) is 2.18. The van der Waals surface area contributed by atoms with Gasteiger partial charge in [0.05, 0.1) is 0 Å². The van der Waals surface area contributed by atoms with Gasteiger partial charge in [-0.25, -0.2) is 4.79 Å². The van der Waals surface area contributed by atoms with Crippen molar-refractivity contribution in [2.45, 2.75) is 64.1 Å². The first-order valence-corrected chi connectivity index (χ1v) is 7.35. The predicted molar refractivity (Wildman–Crippen MR) is 77.1 cm³/mol. The van der Waals surface area contributed by atoms with Crippen LogP contribution in [0.25, 0.3) is 0 Å². The smallest absolute Gasteiger partial charge is 0.330 e. The van der Waals surface area contributed by atoms with Crippen molar-refractivity contribution in [1.29, 1.82) is 0 Å². The van der Waals surface area contributed by atoms with Gasteiger partial charge in [0.25, 0.3) is 0 Å². The number of esters is 2. The third-order valence-electron chi connectivity index (χ3n) is 3.23. The third-order valence-corrected chi connectivity index (χ3v) is 3.23. The van der Waals surface area contributed by atoms with E-state index in [0.29, 0.717) is 12.8 Å². The molecule has 1 aliphatic carbocycles. The van der Waals surface area contributed by atoms with E-state index in [4.69, 9.17) is 9.47 Å². The molecule has 20 heavy (non-hydrogen) atoms. The largest absolute Gasteiger partial charge is 0.458 e. The summed E-state index contributed by atoms with van der Waals surface area (Å²) in [4.78, 5) is 23.3. The van der Waals surface area contributed by atoms with E-state index in [2.05, 4.69) is 6.58 Å². The zero-order valence-corrected chi connectivity index (χ0v) is 12.2. The molecule has 0 aromatic carbocycles. The highest BCUT2D eigenvalue weighted by atomic mass is 16.6. The molecule has 0 unspecified atom stereocenters. The molecule has 0 aromatic heterocycles. The van der Waals surface area contributed by atoms with Gasteiger partial charge in [-0.1, -0.05) is 19.1 Å². The Hall–Kier alpha value is -1.58. The van der Waals surface area contributed by atoms with Crippen LogP contribution in [-0.2, 0) is 19.1 Å². The van der Waals surface area contributed by atoms with Crippen molar-refractivity contribution in [2.24, 2.45) is 0 Å². The quantitative estimate of drug-likeness (QED) is 0.408. The van der Waals surface area contributed by atoms with Crippen molar-refractivity contribution in [3.8, 4) is 0 Å². The zero-order chi connectivity index (χ0) is 14.8. The molecule has 1 saturated carbocycles. The first kappa shape index (κ1) is 16.5. The summed E-state index contributed by atoms with van der Waals surface area (Å²) in [6.45, 7) is 5.53. The molecular formula is C16H24O4. The minimum absolute atomic E-state index is 0.248. The van der Waals surface area contributed by atoms with Crippen LogP contribution < -0.4 is 0 Å². The molecule has 0 bridgehead atoms. The van der Waals surface area contributed by atoms with Gasteiger partial charge >= 0.3 is 11.9 Å². The van der Waals surface area contributed by atoms with E-state index in [1.165, 1.54) is 6.08 Å². The fraction of sp³-hybridized carbons (Fsp3) is 0.625.